The predicted octanol–water partition coefficient (Wildman–Crippen LogP) is 4.06. The number of amides is 1. The Morgan fingerprint density at radius 2 is 1.97 bits per heavy atom. The number of rotatable bonds is 3. The van der Waals surface area contributed by atoms with Gasteiger partial charge in [-0.2, -0.15) is 5.26 Å². The average Bonchev–Trinajstić information content (AvgIpc) is 2.88. The third-order valence-electron chi connectivity index (χ3n) is 5.66. The number of nitrogens with zero attached hydrogens (tertiary/aromatic N) is 6. The Morgan fingerprint density at radius 3 is 2.67 bits per heavy atom. The standard InChI is InChI=1S/C24H12FN7O4/c25-17-5-11(13-8-29-10-30-9-13)1-3-14(17)19-16(7-26)22(27)36-21-15-4-2-12(23(33)31-32-28)6-18(15)35-24(34)20(19)21/h1-6,8-10,19H,27H2. The maximum absolute atomic E-state index is 15.4. The molecule has 0 bridgehead atoms. The van der Waals surface area contributed by atoms with Gasteiger partial charge in [0.15, 0.2) is 5.75 Å². The number of hydrogen-bond acceptors (Lipinski definition) is 8. The molecule has 0 spiro atoms. The van der Waals surface area contributed by atoms with Gasteiger partial charge in [0.2, 0.25) is 11.8 Å². The van der Waals surface area contributed by atoms with Gasteiger partial charge in [0.1, 0.15) is 29.4 Å². The van der Waals surface area contributed by atoms with Crippen LogP contribution in [0.15, 0.2) is 80.9 Å². The van der Waals surface area contributed by atoms with E-state index in [4.69, 9.17) is 20.4 Å². The Hall–Kier alpha value is -5.53. The van der Waals surface area contributed by atoms with Gasteiger partial charge in [0.05, 0.1) is 16.9 Å². The average molecular weight is 481 g/mol. The van der Waals surface area contributed by atoms with Gasteiger partial charge in [-0.15, -0.1) is 0 Å². The molecule has 12 heteroatoms. The van der Waals surface area contributed by atoms with Crippen LogP contribution in [-0.4, -0.2) is 15.9 Å². The molecule has 0 aliphatic carbocycles. The van der Waals surface area contributed by atoms with E-state index < -0.39 is 23.3 Å². The van der Waals surface area contributed by atoms with Crippen LogP contribution in [0.5, 0.6) is 5.75 Å². The zero-order valence-electron chi connectivity index (χ0n) is 18.0. The molecule has 1 aliphatic rings. The second kappa shape index (κ2) is 8.68. The van der Waals surface area contributed by atoms with Crippen molar-refractivity contribution >= 4 is 16.9 Å². The molecule has 0 saturated heterocycles. The van der Waals surface area contributed by atoms with Crippen LogP contribution in [0.1, 0.15) is 27.4 Å². The lowest BCUT2D eigenvalue weighted by atomic mass is 9.83. The summed E-state index contributed by atoms with van der Waals surface area (Å²) in [5, 5.41) is 13.0. The van der Waals surface area contributed by atoms with E-state index in [0.29, 0.717) is 11.1 Å². The van der Waals surface area contributed by atoms with E-state index in [-0.39, 0.29) is 44.9 Å². The molecule has 36 heavy (non-hydrogen) atoms. The fraction of sp³-hybridized carbons (Fsp3) is 0.0417. The predicted molar refractivity (Wildman–Crippen MR) is 123 cm³/mol. The summed E-state index contributed by atoms with van der Waals surface area (Å²) >= 11 is 0. The van der Waals surface area contributed by atoms with E-state index in [1.54, 1.807) is 6.07 Å². The van der Waals surface area contributed by atoms with E-state index in [1.165, 1.54) is 49.1 Å². The number of benzene rings is 2. The largest absolute Gasteiger partial charge is 0.439 e. The number of fused-ring (bicyclic) bond motifs is 3. The Balaban J connectivity index is 1.71. The zero-order valence-corrected chi connectivity index (χ0v) is 18.0. The Kier molecular flexibility index (Phi) is 5.37. The fourth-order valence-electron chi connectivity index (χ4n) is 4.05. The van der Waals surface area contributed by atoms with Crippen LogP contribution in [0.4, 0.5) is 4.39 Å². The zero-order chi connectivity index (χ0) is 25.4. The van der Waals surface area contributed by atoms with E-state index in [1.807, 2.05) is 6.07 Å². The first-order valence-corrected chi connectivity index (χ1v) is 10.3. The number of carbonyl (C=O) groups excluding carboxylic acids is 1. The number of carbonyl (C=O) groups is 1. The Bertz CT molecular complexity index is 1750. The van der Waals surface area contributed by atoms with Gasteiger partial charge >= 0.3 is 5.63 Å². The lowest BCUT2D eigenvalue weighted by molar-refractivity contribution is 0.100. The highest BCUT2D eigenvalue weighted by Gasteiger charge is 2.37. The Morgan fingerprint density at radius 1 is 1.19 bits per heavy atom. The van der Waals surface area contributed by atoms with E-state index in [2.05, 4.69) is 20.0 Å². The highest BCUT2D eigenvalue weighted by Crippen LogP contribution is 2.44. The van der Waals surface area contributed by atoms with E-state index >= 15 is 4.39 Å². The smallest absolute Gasteiger partial charge is 0.344 e. The number of aromatic nitrogens is 2. The number of azide groups is 1. The molecule has 0 saturated carbocycles. The van der Waals surface area contributed by atoms with Gasteiger partial charge in [0.25, 0.3) is 0 Å². The van der Waals surface area contributed by atoms with Gasteiger partial charge in [-0.25, -0.2) is 19.2 Å². The molecule has 1 unspecified atom stereocenters. The summed E-state index contributed by atoms with van der Waals surface area (Å²) < 4.78 is 26.5. The maximum atomic E-state index is 15.4. The number of halogens is 1. The van der Waals surface area contributed by atoms with Crippen LogP contribution >= 0.6 is 0 Å². The second-order valence-electron chi connectivity index (χ2n) is 7.63. The summed E-state index contributed by atoms with van der Waals surface area (Å²) in [6, 6.07) is 10.1. The van der Waals surface area contributed by atoms with Crippen molar-refractivity contribution in [2.24, 2.45) is 10.8 Å². The SMILES string of the molecule is N#CC1=C(N)Oc2c(c(=O)oc3cc(C(=O)N=[N+]=[N-])ccc23)C1c1ccc(-c2cncnc2)cc1F. The lowest BCUT2D eigenvalue weighted by Gasteiger charge is -2.26. The molecular formula is C24H12FN7O4. The summed E-state index contributed by atoms with van der Waals surface area (Å²) in [5.41, 5.74) is 14.3. The van der Waals surface area contributed by atoms with Crippen molar-refractivity contribution in [2.45, 2.75) is 5.92 Å². The van der Waals surface area contributed by atoms with Crippen LogP contribution in [0.2, 0.25) is 0 Å². The first-order valence-electron chi connectivity index (χ1n) is 10.3. The van der Waals surface area contributed by atoms with Crippen LogP contribution in [0.25, 0.3) is 32.5 Å². The summed E-state index contributed by atoms with van der Waals surface area (Å²) in [7, 11) is 0. The highest BCUT2D eigenvalue weighted by molar-refractivity contribution is 5.99. The molecular weight excluding hydrogens is 469 g/mol. The third kappa shape index (κ3) is 3.58. The van der Waals surface area contributed by atoms with Gasteiger partial charge in [-0.05, 0) is 34.4 Å². The van der Waals surface area contributed by atoms with Gasteiger partial charge in [0, 0.05) is 34.0 Å². The van der Waals surface area contributed by atoms with Gasteiger partial charge in [-0.3, -0.25) is 4.79 Å². The molecule has 0 radical (unpaired) electrons. The van der Waals surface area contributed by atoms with Gasteiger partial charge < -0.3 is 14.9 Å². The van der Waals surface area contributed by atoms with Crippen molar-refractivity contribution in [2.75, 3.05) is 0 Å². The minimum absolute atomic E-state index is 0.00135. The molecule has 2 aromatic heterocycles. The summed E-state index contributed by atoms with van der Waals surface area (Å²) in [6.07, 6.45) is 4.39. The van der Waals surface area contributed by atoms with Crippen molar-refractivity contribution in [3.63, 3.8) is 0 Å². The monoisotopic (exact) mass is 481 g/mol. The molecule has 11 nitrogen and oxygen atoms in total. The van der Waals surface area contributed by atoms with Crippen molar-refractivity contribution in [3.05, 3.63) is 110 Å². The van der Waals surface area contributed by atoms with Crippen LogP contribution in [0.3, 0.4) is 0 Å². The van der Waals surface area contributed by atoms with Crippen molar-refractivity contribution in [1.82, 2.24) is 9.97 Å². The minimum Gasteiger partial charge on any atom is -0.439 e. The van der Waals surface area contributed by atoms with Gasteiger partial charge in [-0.1, -0.05) is 18.2 Å². The second-order valence-corrected chi connectivity index (χ2v) is 7.63. The van der Waals surface area contributed by atoms with Crippen LogP contribution in [-0.2, 0) is 0 Å². The van der Waals surface area contributed by atoms with E-state index in [0.717, 1.165) is 0 Å². The number of nitriles is 1. The first-order chi connectivity index (χ1) is 17.4. The molecule has 2 aromatic carbocycles. The Labute approximate surface area is 200 Å². The highest BCUT2D eigenvalue weighted by atomic mass is 19.1. The van der Waals surface area contributed by atoms with Crippen LogP contribution in [0, 0.1) is 17.1 Å². The molecule has 1 amide bonds. The molecule has 174 valence electrons. The molecule has 4 aromatic rings. The fourth-order valence-corrected chi connectivity index (χ4v) is 4.05. The molecule has 3 heterocycles. The molecule has 5 rings (SSSR count). The molecule has 0 fully saturated rings. The normalized spacial score (nSPS) is 14.4. The van der Waals surface area contributed by atoms with E-state index in [9.17, 15) is 14.9 Å². The first kappa shape index (κ1) is 22.3. The molecule has 1 atom stereocenters. The molecule has 1 aliphatic heterocycles. The number of hydrogen-bond donors (Lipinski definition) is 1. The summed E-state index contributed by atoms with van der Waals surface area (Å²) in [6.45, 7) is 0. The summed E-state index contributed by atoms with van der Waals surface area (Å²) in [5.74, 6) is -3.15. The molecule has 2 N–H and O–H groups in total. The van der Waals surface area contributed by atoms with Crippen molar-refractivity contribution in [1.29, 1.82) is 5.26 Å². The number of ether oxygens (including phenoxy) is 1. The maximum Gasteiger partial charge on any atom is 0.344 e. The quantitative estimate of drug-likeness (QED) is 0.197. The number of nitrogens with two attached hydrogens (primary N) is 1. The summed E-state index contributed by atoms with van der Waals surface area (Å²) in [4.78, 5) is 35.3. The lowest BCUT2D eigenvalue weighted by Crippen LogP contribution is -2.27. The minimum atomic E-state index is -1.22. The third-order valence-corrected chi connectivity index (χ3v) is 5.66. The van der Waals surface area contributed by atoms with Crippen LogP contribution < -0.4 is 16.1 Å². The topological polar surface area (TPSA) is 181 Å². The van der Waals surface area contributed by atoms with Crippen molar-refractivity contribution < 1.29 is 18.3 Å². The number of allylic oxidation sites excluding steroid dienone is 1. The van der Waals surface area contributed by atoms with Crippen molar-refractivity contribution in [3.8, 4) is 22.9 Å².